The van der Waals surface area contributed by atoms with Crippen LogP contribution in [-0.2, 0) is 9.53 Å². The van der Waals surface area contributed by atoms with Crippen LogP contribution in [0.1, 0.15) is 41.8 Å². The number of ether oxygens (including phenoxy) is 1. The van der Waals surface area contributed by atoms with Crippen molar-refractivity contribution in [2.75, 3.05) is 19.8 Å². The Hall–Kier alpha value is -2.00. The molecule has 9 heteroatoms. The van der Waals surface area contributed by atoms with Crippen LogP contribution in [0.5, 0.6) is 0 Å². The van der Waals surface area contributed by atoms with Gasteiger partial charge in [0.25, 0.3) is 11.7 Å². The van der Waals surface area contributed by atoms with E-state index < -0.39 is 17.4 Å². The number of nitrogens with zero attached hydrogens (tertiary/aromatic N) is 2. The van der Waals surface area contributed by atoms with E-state index >= 15 is 0 Å². The van der Waals surface area contributed by atoms with E-state index in [1.807, 2.05) is 0 Å². The highest BCUT2D eigenvalue weighted by molar-refractivity contribution is 5.95. The lowest BCUT2D eigenvalue weighted by molar-refractivity contribution is -0.144. The zero-order valence-corrected chi connectivity index (χ0v) is 11.3. The van der Waals surface area contributed by atoms with Crippen molar-refractivity contribution in [1.29, 1.82) is 0 Å². The molecule has 0 aromatic carbocycles. The molecule has 114 valence electrons. The van der Waals surface area contributed by atoms with Gasteiger partial charge in [-0.1, -0.05) is 5.16 Å². The van der Waals surface area contributed by atoms with Gasteiger partial charge in [0.15, 0.2) is 5.54 Å². The molecule has 9 nitrogen and oxygen atoms in total. The number of aliphatic carboxylic acids is 1. The minimum Gasteiger partial charge on any atom is -0.479 e. The summed E-state index contributed by atoms with van der Waals surface area (Å²) in [5.41, 5.74) is -1.41. The number of hydrogen-bond donors (Lipinski definition) is 3. The Morgan fingerprint density at radius 2 is 2.33 bits per heavy atom. The molecule has 1 aromatic rings. The van der Waals surface area contributed by atoms with Gasteiger partial charge in [0.1, 0.15) is 0 Å². The number of rotatable bonds is 4. The summed E-state index contributed by atoms with van der Waals surface area (Å²) in [5.74, 6) is -1.61. The Morgan fingerprint density at radius 3 is 2.95 bits per heavy atom. The topological polar surface area (TPSA) is 127 Å². The van der Waals surface area contributed by atoms with E-state index in [4.69, 9.17) is 9.26 Å². The molecular formula is C12H16N4O5. The van der Waals surface area contributed by atoms with Crippen LogP contribution in [0.15, 0.2) is 4.52 Å². The number of nitrogens with one attached hydrogen (secondary N) is 2. The lowest BCUT2D eigenvalue weighted by atomic mass is 9.99. The quantitative estimate of drug-likeness (QED) is 0.676. The number of carbonyl (C=O) groups is 2. The highest BCUT2D eigenvalue weighted by Crippen LogP contribution is 2.22. The van der Waals surface area contributed by atoms with E-state index in [-0.39, 0.29) is 31.5 Å². The second kappa shape index (κ2) is 5.41. The second-order valence-corrected chi connectivity index (χ2v) is 5.25. The Morgan fingerprint density at radius 1 is 1.48 bits per heavy atom. The van der Waals surface area contributed by atoms with Gasteiger partial charge >= 0.3 is 5.97 Å². The van der Waals surface area contributed by atoms with Crippen LogP contribution in [0.4, 0.5) is 0 Å². The van der Waals surface area contributed by atoms with E-state index in [1.165, 1.54) is 0 Å². The van der Waals surface area contributed by atoms with Crippen LogP contribution in [0.2, 0.25) is 0 Å². The number of carboxylic acids is 1. The molecule has 3 N–H and O–H groups in total. The van der Waals surface area contributed by atoms with E-state index in [9.17, 15) is 14.7 Å². The fourth-order valence-corrected chi connectivity index (χ4v) is 2.52. The summed E-state index contributed by atoms with van der Waals surface area (Å²) in [4.78, 5) is 27.5. The lowest BCUT2D eigenvalue weighted by Gasteiger charge is -2.22. The third-order valence-corrected chi connectivity index (χ3v) is 3.79. The van der Waals surface area contributed by atoms with E-state index in [0.29, 0.717) is 5.89 Å². The summed E-state index contributed by atoms with van der Waals surface area (Å²) in [5, 5.41) is 18.5. The van der Waals surface area contributed by atoms with Gasteiger partial charge in [-0.25, -0.2) is 4.79 Å². The molecule has 2 unspecified atom stereocenters. The number of carbonyl (C=O) groups excluding carboxylic acids is 1. The van der Waals surface area contributed by atoms with Crippen LogP contribution in [0.25, 0.3) is 0 Å². The van der Waals surface area contributed by atoms with E-state index in [2.05, 4.69) is 20.8 Å². The van der Waals surface area contributed by atoms with Gasteiger partial charge in [-0.15, -0.1) is 0 Å². The zero-order chi connectivity index (χ0) is 14.9. The van der Waals surface area contributed by atoms with Crippen molar-refractivity contribution in [2.24, 2.45) is 0 Å². The zero-order valence-electron chi connectivity index (χ0n) is 11.3. The first-order valence-corrected chi connectivity index (χ1v) is 6.81. The molecule has 2 fully saturated rings. The third kappa shape index (κ3) is 2.61. The highest BCUT2D eigenvalue weighted by Gasteiger charge is 2.44. The fraction of sp³-hybridized carbons (Fsp3) is 0.667. The van der Waals surface area contributed by atoms with E-state index in [0.717, 1.165) is 19.4 Å². The SMILES string of the molecule is O=C(NC1(C(=O)O)CCOC1)c1noc(C2CCCN2)n1. The van der Waals surface area contributed by atoms with Gasteiger partial charge in [0.2, 0.25) is 5.89 Å². The summed E-state index contributed by atoms with van der Waals surface area (Å²) in [7, 11) is 0. The molecular weight excluding hydrogens is 280 g/mol. The molecule has 3 rings (SSSR count). The molecule has 21 heavy (non-hydrogen) atoms. The maximum Gasteiger partial charge on any atom is 0.331 e. The van der Waals surface area contributed by atoms with Crippen molar-refractivity contribution in [3.63, 3.8) is 0 Å². The van der Waals surface area contributed by atoms with Crippen molar-refractivity contribution in [2.45, 2.75) is 30.8 Å². The minimum atomic E-state index is -1.41. The molecule has 1 aromatic heterocycles. The first-order chi connectivity index (χ1) is 10.1. The van der Waals surface area contributed by atoms with E-state index in [1.54, 1.807) is 0 Å². The van der Waals surface area contributed by atoms with Gasteiger partial charge in [-0.3, -0.25) is 4.79 Å². The van der Waals surface area contributed by atoms with Crippen molar-refractivity contribution in [3.05, 3.63) is 11.7 Å². The summed E-state index contributed by atoms with van der Waals surface area (Å²) in [6, 6.07) is -0.0395. The van der Waals surface area contributed by atoms with Crippen molar-refractivity contribution in [1.82, 2.24) is 20.8 Å². The molecule has 2 atom stereocenters. The predicted molar refractivity (Wildman–Crippen MR) is 67.5 cm³/mol. The Kier molecular flexibility index (Phi) is 3.60. The average molecular weight is 296 g/mol. The Labute approximate surface area is 120 Å². The Bertz CT molecular complexity index is 546. The normalized spacial score (nSPS) is 28.7. The summed E-state index contributed by atoms with van der Waals surface area (Å²) < 4.78 is 10.1. The van der Waals surface area contributed by atoms with Crippen LogP contribution < -0.4 is 10.6 Å². The van der Waals surface area contributed by atoms with Crippen LogP contribution in [-0.4, -0.2) is 52.4 Å². The van der Waals surface area contributed by atoms with Gasteiger partial charge in [-0.2, -0.15) is 4.98 Å². The number of carboxylic acid groups (broad SMARTS) is 1. The molecule has 0 spiro atoms. The number of hydrogen-bond acceptors (Lipinski definition) is 7. The predicted octanol–water partition coefficient (Wildman–Crippen LogP) is -0.532. The summed E-state index contributed by atoms with van der Waals surface area (Å²) in [6.07, 6.45) is 2.09. The van der Waals surface area contributed by atoms with Crippen LogP contribution in [0.3, 0.4) is 0 Å². The molecule has 3 heterocycles. The fourth-order valence-electron chi connectivity index (χ4n) is 2.52. The van der Waals surface area contributed by atoms with Crippen LogP contribution in [0, 0.1) is 0 Å². The maximum atomic E-state index is 12.1. The second-order valence-electron chi connectivity index (χ2n) is 5.25. The van der Waals surface area contributed by atoms with Crippen LogP contribution >= 0.6 is 0 Å². The molecule has 0 aliphatic carbocycles. The first-order valence-electron chi connectivity index (χ1n) is 6.81. The maximum absolute atomic E-state index is 12.1. The summed E-state index contributed by atoms with van der Waals surface area (Å²) in [6.45, 7) is 1.09. The summed E-state index contributed by atoms with van der Waals surface area (Å²) >= 11 is 0. The van der Waals surface area contributed by atoms with Crippen molar-refractivity contribution in [3.8, 4) is 0 Å². The molecule has 2 aliphatic rings. The molecule has 2 saturated heterocycles. The standard InChI is InChI=1S/C12H16N4O5/c17-9(15-12(11(18)19)3-5-20-6-12)8-14-10(21-16-8)7-2-1-4-13-7/h7,13H,1-6H2,(H,15,17)(H,18,19). The van der Waals surface area contributed by atoms with Crippen molar-refractivity contribution >= 4 is 11.9 Å². The van der Waals surface area contributed by atoms with Gasteiger partial charge in [0, 0.05) is 13.0 Å². The molecule has 0 radical (unpaired) electrons. The van der Waals surface area contributed by atoms with Gasteiger partial charge < -0.3 is 25.0 Å². The molecule has 2 aliphatic heterocycles. The molecule has 0 saturated carbocycles. The Balaban J connectivity index is 1.71. The monoisotopic (exact) mass is 296 g/mol. The number of aromatic nitrogens is 2. The molecule has 1 amide bonds. The largest absolute Gasteiger partial charge is 0.479 e. The minimum absolute atomic E-state index is 0.0395. The smallest absolute Gasteiger partial charge is 0.331 e. The highest BCUT2D eigenvalue weighted by atomic mass is 16.5. The van der Waals surface area contributed by atoms with Gasteiger partial charge in [0.05, 0.1) is 12.6 Å². The first kappa shape index (κ1) is 14.0. The van der Waals surface area contributed by atoms with Crippen molar-refractivity contribution < 1.29 is 24.0 Å². The van der Waals surface area contributed by atoms with Gasteiger partial charge in [-0.05, 0) is 19.4 Å². The number of amides is 1. The lowest BCUT2D eigenvalue weighted by Crippen LogP contribution is -2.55. The molecule has 0 bridgehead atoms. The average Bonchev–Trinajstić information content (AvgIpc) is 3.20. The third-order valence-electron chi connectivity index (χ3n) is 3.79.